The number of amides is 1. The zero-order valence-electron chi connectivity index (χ0n) is 9.86. The Balaban J connectivity index is 1.82. The van der Waals surface area contributed by atoms with Crippen molar-refractivity contribution in [1.82, 2.24) is 4.90 Å². The second-order valence-corrected chi connectivity index (χ2v) is 6.10. The van der Waals surface area contributed by atoms with E-state index in [9.17, 15) is 4.79 Å². The molecule has 0 aromatic heterocycles. The number of nitrogens with two attached hydrogens (primary N) is 1. The molecule has 2 N–H and O–H groups in total. The molecule has 0 bridgehead atoms. The van der Waals surface area contributed by atoms with Crippen LogP contribution in [0.25, 0.3) is 0 Å². The van der Waals surface area contributed by atoms with Gasteiger partial charge in [0.2, 0.25) is 5.91 Å². The standard InChI is InChI=1S/C12H22N2OS/c13-9-11-2-1-5-14(11)12(15)8-10-3-6-16-7-4-10/h10-11H,1-9,13H2. The lowest BCUT2D eigenvalue weighted by atomic mass is 9.98. The van der Waals surface area contributed by atoms with Gasteiger partial charge in [-0.1, -0.05) is 0 Å². The Hall–Kier alpha value is -0.220. The van der Waals surface area contributed by atoms with Crippen LogP contribution < -0.4 is 5.73 Å². The normalized spacial score (nSPS) is 27.3. The van der Waals surface area contributed by atoms with Crippen LogP contribution in [0.3, 0.4) is 0 Å². The van der Waals surface area contributed by atoms with Crippen LogP contribution >= 0.6 is 11.8 Å². The number of thioether (sulfide) groups is 1. The van der Waals surface area contributed by atoms with Gasteiger partial charge in [0.05, 0.1) is 0 Å². The monoisotopic (exact) mass is 242 g/mol. The van der Waals surface area contributed by atoms with E-state index in [0.29, 0.717) is 24.4 Å². The molecule has 2 saturated heterocycles. The van der Waals surface area contributed by atoms with E-state index in [4.69, 9.17) is 5.73 Å². The largest absolute Gasteiger partial charge is 0.338 e. The predicted octanol–water partition coefficient (Wildman–Crippen LogP) is 1.47. The molecule has 1 amide bonds. The Morgan fingerprint density at radius 2 is 2.06 bits per heavy atom. The van der Waals surface area contributed by atoms with Crippen molar-refractivity contribution in [2.45, 2.75) is 38.1 Å². The molecule has 0 spiro atoms. The van der Waals surface area contributed by atoms with Gasteiger partial charge >= 0.3 is 0 Å². The average molecular weight is 242 g/mol. The Bertz CT molecular complexity index is 241. The van der Waals surface area contributed by atoms with Gasteiger partial charge in [0.15, 0.2) is 0 Å². The summed E-state index contributed by atoms with van der Waals surface area (Å²) in [5.74, 6) is 3.45. The smallest absolute Gasteiger partial charge is 0.223 e. The third-order valence-electron chi connectivity index (χ3n) is 3.77. The van der Waals surface area contributed by atoms with E-state index in [2.05, 4.69) is 0 Å². The third-order valence-corrected chi connectivity index (χ3v) is 4.82. The zero-order valence-corrected chi connectivity index (χ0v) is 10.7. The van der Waals surface area contributed by atoms with E-state index in [1.807, 2.05) is 16.7 Å². The van der Waals surface area contributed by atoms with Gasteiger partial charge in [-0.2, -0.15) is 11.8 Å². The lowest BCUT2D eigenvalue weighted by Crippen LogP contribution is -2.40. The van der Waals surface area contributed by atoms with E-state index in [-0.39, 0.29) is 0 Å². The van der Waals surface area contributed by atoms with Crippen molar-refractivity contribution in [1.29, 1.82) is 0 Å². The van der Waals surface area contributed by atoms with Crippen molar-refractivity contribution in [3.05, 3.63) is 0 Å². The maximum atomic E-state index is 12.1. The Labute approximate surface area is 102 Å². The molecule has 0 aliphatic carbocycles. The van der Waals surface area contributed by atoms with Crippen molar-refractivity contribution < 1.29 is 4.79 Å². The summed E-state index contributed by atoms with van der Waals surface area (Å²) in [6.45, 7) is 1.56. The highest BCUT2D eigenvalue weighted by molar-refractivity contribution is 7.99. The summed E-state index contributed by atoms with van der Waals surface area (Å²) in [6, 6.07) is 0.325. The second kappa shape index (κ2) is 5.92. The number of rotatable bonds is 3. The average Bonchev–Trinajstić information content (AvgIpc) is 2.78. The predicted molar refractivity (Wildman–Crippen MR) is 68.5 cm³/mol. The number of carbonyl (C=O) groups excluding carboxylic acids is 1. The summed E-state index contributed by atoms with van der Waals surface area (Å²) in [5, 5.41) is 0. The van der Waals surface area contributed by atoms with E-state index >= 15 is 0 Å². The second-order valence-electron chi connectivity index (χ2n) is 4.88. The molecular weight excluding hydrogens is 220 g/mol. The van der Waals surface area contributed by atoms with Crippen molar-refractivity contribution in [3.63, 3.8) is 0 Å². The molecule has 2 fully saturated rings. The van der Waals surface area contributed by atoms with Gasteiger partial charge in [0.25, 0.3) is 0 Å². The fourth-order valence-electron chi connectivity index (χ4n) is 2.72. The molecule has 1 atom stereocenters. The van der Waals surface area contributed by atoms with Crippen molar-refractivity contribution in [2.75, 3.05) is 24.6 Å². The lowest BCUT2D eigenvalue weighted by Gasteiger charge is -2.27. The number of nitrogens with zero attached hydrogens (tertiary/aromatic N) is 1. The topological polar surface area (TPSA) is 46.3 Å². The molecule has 0 radical (unpaired) electrons. The highest BCUT2D eigenvalue weighted by Gasteiger charge is 2.29. The van der Waals surface area contributed by atoms with E-state index < -0.39 is 0 Å². The van der Waals surface area contributed by atoms with Gasteiger partial charge in [-0.15, -0.1) is 0 Å². The van der Waals surface area contributed by atoms with Crippen LogP contribution in [0, 0.1) is 5.92 Å². The molecule has 0 aromatic rings. The van der Waals surface area contributed by atoms with Crippen LogP contribution in [0.4, 0.5) is 0 Å². The van der Waals surface area contributed by atoms with Gasteiger partial charge in [-0.05, 0) is 43.1 Å². The summed E-state index contributed by atoms with van der Waals surface area (Å²) in [4.78, 5) is 14.2. The van der Waals surface area contributed by atoms with Crippen LogP contribution in [0.5, 0.6) is 0 Å². The molecule has 92 valence electrons. The van der Waals surface area contributed by atoms with Crippen LogP contribution in [0.15, 0.2) is 0 Å². The van der Waals surface area contributed by atoms with E-state index in [0.717, 1.165) is 25.8 Å². The molecule has 2 heterocycles. The first kappa shape index (κ1) is 12.2. The van der Waals surface area contributed by atoms with E-state index in [1.54, 1.807) is 0 Å². The minimum Gasteiger partial charge on any atom is -0.338 e. The maximum absolute atomic E-state index is 12.1. The SMILES string of the molecule is NCC1CCCN1C(=O)CC1CCSCC1. The Morgan fingerprint density at radius 3 is 2.75 bits per heavy atom. The fourth-order valence-corrected chi connectivity index (χ4v) is 3.93. The zero-order chi connectivity index (χ0) is 11.4. The fraction of sp³-hybridized carbons (Fsp3) is 0.917. The van der Waals surface area contributed by atoms with Crippen LogP contribution in [0.1, 0.15) is 32.1 Å². The van der Waals surface area contributed by atoms with Gasteiger partial charge < -0.3 is 10.6 Å². The van der Waals surface area contributed by atoms with Crippen molar-refractivity contribution >= 4 is 17.7 Å². The highest BCUT2D eigenvalue weighted by atomic mass is 32.2. The minimum atomic E-state index is 0.325. The number of carbonyl (C=O) groups is 1. The third kappa shape index (κ3) is 2.92. The van der Waals surface area contributed by atoms with Gasteiger partial charge in [-0.3, -0.25) is 4.79 Å². The summed E-state index contributed by atoms with van der Waals surface area (Å²) >= 11 is 2.02. The summed E-state index contributed by atoms with van der Waals surface area (Å²) in [5.41, 5.74) is 5.70. The molecule has 2 aliphatic rings. The molecule has 2 aliphatic heterocycles. The molecule has 3 nitrogen and oxygen atoms in total. The van der Waals surface area contributed by atoms with Crippen LogP contribution in [-0.2, 0) is 4.79 Å². The van der Waals surface area contributed by atoms with E-state index in [1.165, 1.54) is 24.3 Å². The summed E-state index contributed by atoms with van der Waals surface area (Å²) < 4.78 is 0. The molecule has 1 unspecified atom stereocenters. The number of hydrogen-bond acceptors (Lipinski definition) is 3. The first-order valence-electron chi connectivity index (χ1n) is 6.38. The van der Waals surface area contributed by atoms with Gasteiger partial charge in [-0.25, -0.2) is 0 Å². The molecular formula is C12H22N2OS. The van der Waals surface area contributed by atoms with Gasteiger partial charge in [0.1, 0.15) is 0 Å². The van der Waals surface area contributed by atoms with Gasteiger partial charge in [0, 0.05) is 25.6 Å². The molecule has 16 heavy (non-hydrogen) atoms. The summed E-state index contributed by atoms with van der Waals surface area (Å²) in [6.07, 6.45) is 5.43. The highest BCUT2D eigenvalue weighted by Crippen LogP contribution is 2.27. The van der Waals surface area contributed by atoms with Crippen molar-refractivity contribution in [2.24, 2.45) is 11.7 Å². The lowest BCUT2D eigenvalue weighted by molar-refractivity contribution is -0.132. The Kier molecular flexibility index (Phi) is 4.53. The van der Waals surface area contributed by atoms with Crippen LogP contribution in [-0.4, -0.2) is 41.4 Å². The Morgan fingerprint density at radius 1 is 1.31 bits per heavy atom. The quantitative estimate of drug-likeness (QED) is 0.815. The summed E-state index contributed by atoms with van der Waals surface area (Å²) in [7, 11) is 0. The molecule has 0 aromatic carbocycles. The molecule has 0 saturated carbocycles. The first-order chi connectivity index (χ1) is 7.81. The number of likely N-dealkylation sites (tertiary alicyclic amines) is 1. The maximum Gasteiger partial charge on any atom is 0.223 e. The van der Waals surface area contributed by atoms with Crippen LogP contribution in [0.2, 0.25) is 0 Å². The first-order valence-corrected chi connectivity index (χ1v) is 7.54. The number of hydrogen-bond donors (Lipinski definition) is 1. The molecule has 2 rings (SSSR count). The van der Waals surface area contributed by atoms with Crippen molar-refractivity contribution in [3.8, 4) is 0 Å². The molecule has 4 heteroatoms. The minimum absolute atomic E-state index is 0.325.